The molecule has 0 aliphatic heterocycles. The topological polar surface area (TPSA) is 32.3 Å². The predicted octanol–water partition coefficient (Wildman–Crippen LogP) is 3.15. The molecule has 0 bridgehead atoms. The van der Waals surface area contributed by atoms with Gasteiger partial charge in [-0.2, -0.15) is 0 Å². The molecule has 1 unspecified atom stereocenters. The monoisotopic (exact) mass is 330 g/mol. The normalized spacial score (nSPS) is 15.2. The molecule has 1 amide bonds. The summed E-state index contributed by atoms with van der Waals surface area (Å²) in [7, 11) is 1.88. The summed E-state index contributed by atoms with van der Waals surface area (Å²) in [5, 5.41) is 3.99. The maximum absolute atomic E-state index is 12.1. The highest BCUT2D eigenvalue weighted by atomic mass is 35.5. The van der Waals surface area contributed by atoms with Crippen molar-refractivity contribution in [3.05, 3.63) is 34.9 Å². The van der Waals surface area contributed by atoms with Gasteiger partial charge in [-0.15, -0.1) is 12.4 Å². The summed E-state index contributed by atoms with van der Waals surface area (Å²) in [6, 6.07) is 8.00. The van der Waals surface area contributed by atoms with Crippen molar-refractivity contribution < 1.29 is 4.79 Å². The summed E-state index contributed by atoms with van der Waals surface area (Å²) in [5.41, 5.74) is 1.20. The molecule has 1 N–H and O–H groups in total. The summed E-state index contributed by atoms with van der Waals surface area (Å²) in [6.07, 6.45) is 3.47. The van der Waals surface area contributed by atoms with Gasteiger partial charge in [-0.1, -0.05) is 23.7 Å². The molecule has 0 radical (unpaired) electrons. The van der Waals surface area contributed by atoms with Crippen LogP contribution in [0.15, 0.2) is 24.3 Å². The van der Waals surface area contributed by atoms with Gasteiger partial charge in [0.05, 0.1) is 6.54 Å². The lowest BCUT2D eigenvalue weighted by Gasteiger charge is -2.25. The van der Waals surface area contributed by atoms with Gasteiger partial charge in [-0.25, -0.2) is 0 Å². The Morgan fingerprint density at radius 2 is 2.00 bits per heavy atom. The van der Waals surface area contributed by atoms with E-state index in [4.69, 9.17) is 11.6 Å². The van der Waals surface area contributed by atoms with Gasteiger partial charge in [-0.05, 0) is 56.3 Å². The number of carbonyl (C=O) groups is 1. The number of amides is 1. The summed E-state index contributed by atoms with van der Waals surface area (Å²) >= 11 is 5.88. The number of halogens is 2. The van der Waals surface area contributed by atoms with Crippen LogP contribution in [-0.2, 0) is 11.2 Å². The Labute approximate surface area is 138 Å². The van der Waals surface area contributed by atoms with Crippen molar-refractivity contribution >= 4 is 29.9 Å². The molecule has 1 aromatic rings. The minimum Gasteiger partial charge on any atom is -0.342 e. The second-order valence-corrected chi connectivity index (χ2v) is 6.19. The number of nitrogens with one attached hydrogen (secondary N) is 1. The van der Waals surface area contributed by atoms with Gasteiger partial charge >= 0.3 is 0 Å². The van der Waals surface area contributed by atoms with Crippen molar-refractivity contribution in [1.82, 2.24) is 10.2 Å². The molecule has 1 saturated carbocycles. The molecule has 1 fully saturated rings. The average molecular weight is 331 g/mol. The number of carbonyl (C=O) groups excluding carboxylic acids is 1. The Morgan fingerprint density at radius 3 is 2.57 bits per heavy atom. The molecule has 0 aromatic heterocycles. The zero-order chi connectivity index (χ0) is 14.5. The highest BCUT2D eigenvalue weighted by Gasteiger charge is 2.21. The molecule has 1 atom stereocenters. The molecule has 0 saturated heterocycles. The van der Waals surface area contributed by atoms with Crippen molar-refractivity contribution in [2.75, 3.05) is 20.1 Å². The van der Waals surface area contributed by atoms with E-state index in [-0.39, 0.29) is 24.4 Å². The van der Waals surface area contributed by atoms with Crippen LogP contribution < -0.4 is 5.32 Å². The van der Waals surface area contributed by atoms with Gasteiger partial charge < -0.3 is 10.2 Å². The third kappa shape index (κ3) is 6.25. The molecule has 0 spiro atoms. The molecule has 1 aliphatic carbocycles. The Morgan fingerprint density at radius 1 is 1.38 bits per heavy atom. The van der Waals surface area contributed by atoms with Crippen LogP contribution in [0, 0.1) is 5.92 Å². The summed E-state index contributed by atoms with van der Waals surface area (Å²) in [6.45, 7) is 3.50. The van der Waals surface area contributed by atoms with Gasteiger partial charge in [0.1, 0.15) is 0 Å². The SMILES string of the molecule is CC(Cc1ccc(Cl)cc1)N(C)C(=O)CNCC1CC1.Cl. The molecular weight excluding hydrogens is 307 g/mol. The van der Waals surface area contributed by atoms with Crippen LogP contribution in [0.3, 0.4) is 0 Å². The van der Waals surface area contributed by atoms with E-state index in [0.29, 0.717) is 6.54 Å². The lowest BCUT2D eigenvalue weighted by Crippen LogP contribution is -2.42. The summed E-state index contributed by atoms with van der Waals surface area (Å²) in [5.74, 6) is 0.965. The van der Waals surface area contributed by atoms with Crippen LogP contribution in [0.1, 0.15) is 25.3 Å². The van der Waals surface area contributed by atoms with Crippen LogP contribution in [-0.4, -0.2) is 37.0 Å². The summed E-state index contributed by atoms with van der Waals surface area (Å²) < 4.78 is 0. The number of rotatable bonds is 7. The van der Waals surface area contributed by atoms with Gasteiger partial charge in [0.25, 0.3) is 0 Å². The standard InChI is InChI=1S/C16H23ClN2O.ClH/c1-12(9-13-5-7-15(17)8-6-13)19(2)16(20)11-18-10-14-3-4-14;/h5-8,12,14,18H,3-4,9-11H2,1-2H3;1H. The van der Waals surface area contributed by atoms with Gasteiger partial charge in [0.2, 0.25) is 5.91 Å². The highest BCUT2D eigenvalue weighted by Crippen LogP contribution is 2.27. The van der Waals surface area contributed by atoms with Crippen LogP contribution in [0.25, 0.3) is 0 Å². The van der Waals surface area contributed by atoms with E-state index in [0.717, 1.165) is 23.9 Å². The zero-order valence-electron chi connectivity index (χ0n) is 12.6. The molecule has 118 valence electrons. The van der Waals surface area contributed by atoms with Crippen molar-refractivity contribution in [3.8, 4) is 0 Å². The van der Waals surface area contributed by atoms with Crippen LogP contribution in [0.5, 0.6) is 0 Å². The van der Waals surface area contributed by atoms with E-state index < -0.39 is 0 Å². The molecule has 0 heterocycles. The van der Waals surface area contributed by atoms with E-state index in [1.54, 1.807) is 0 Å². The largest absolute Gasteiger partial charge is 0.342 e. The molecule has 5 heteroatoms. The number of benzene rings is 1. The molecule has 1 aliphatic rings. The summed E-state index contributed by atoms with van der Waals surface area (Å²) in [4.78, 5) is 13.9. The smallest absolute Gasteiger partial charge is 0.236 e. The minimum absolute atomic E-state index is 0. The molecule has 21 heavy (non-hydrogen) atoms. The number of nitrogens with zero attached hydrogens (tertiary/aromatic N) is 1. The molecule has 3 nitrogen and oxygen atoms in total. The van der Waals surface area contributed by atoms with Crippen molar-refractivity contribution in [3.63, 3.8) is 0 Å². The van der Waals surface area contributed by atoms with Crippen molar-refractivity contribution in [1.29, 1.82) is 0 Å². The first kappa shape index (κ1) is 18.3. The van der Waals surface area contributed by atoms with E-state index in [1.165, 1.54) is 18.4 Å². The van der Waals surface area contributed by atoms with Gasteiger partial charge in [0, 0.05) is 18.1 Å². The first-order valence-electron chi connectivity index (χ1n) is 7.27. The lowest BCUT2D eigenvalue weighted by molar-refractivity contribution is -0.130. The lowest BCUT2D eigenvalue weighted by atomic mass is 10.1. The Bertz CT molecular complexity index is 446. The molecular formula is C16H24Cl2N2O. The third-order valence-corrected chi connectivity index (χ3v) is 4.16. The third-order valence-electron chi connectivity index (χ3n) is 3.91. The quantitative estimate of drug-likeness (QED) is 0.832. The fraction of sp³-hybridized carbons (Fsp3) is 0.562. The maximum Gasteiger partial charge on any atom is 0.236 e. The first-order chi connectivity index (χ1) is 9.56. The number of likely N-dealkylation sites (N-methyl/N-ethyl adjacent to an activating group) is 1. The second kappa shape index (κ2) is 8.62. The Kier molecular flexibility index (Phi) is 7.50. The second-order valence-electron chi connectivity index (χ2n) is 5.76. The fourth-order valence-corrected chi connectivity index (χ4v) is 2.30. The van der Waals surface area contributed by atoms with Crippen LogP contribution in [0.4, 0.5) is 0 Å². The van der Waals surface area contributed by atoms with E-state index in [2.05, 4.69) is 12.2 Å². The Hall–Kier alpha value is -0.770. The van der Waals surface area contributed by atoms with Gasteiger partial charge in [-0.3, -0.25) is 4.79 Å². The highest BCUT2D eigenvalue weighted by molar-refractivity contribution is 6.30. The van der Waals surface area contributed by atoms with E-state index >= 15 is 0 Å². The van der Waals surface area contributed by atoms with E-state index in [1.807, 2.05) is 36.2 Å². The van der Waals surface area contributed by atoms with Crippen LogP contribution >= 0.6 is 24.0 Å². The Balaban J connectivity index is 0.00000220. The fourth-order valence-electron chi connectivity index (χ4n) is 2.17. The molecule has 1 aromatic carbocycles. The van der Waals surface area contributed by atoms with Crippen LogP contribution in [0.2, 0.25) is 5.02 Å². The molecule has 2 rings (SSSR count). The number of hydrogen-bond donors (Lipinski definition) is 1. The first-order valence-corrected chi connectivity index (χ1v) is 7.65. The number of hydrogen-bond acceptors (Lipinski definition) is 2. The zero-order valence-corrected chi connectivity index (χ0v) is 14.2. The maximum atomic E-state index is 12.1. The predicted molar refractivity (Wildman–Crippen MR) is 90.2 cm³/mol. The van der Waals surface area contributed by atoms with Crippen molar-refractivity contribution in [2.24, 2.45) is 5.92 Å². The minimum atomic E-state index is 0. The van der Waals surface area contributed by atoms with E-state index in [9.17, 15) is 4.79 Å². The average Bonchev–Trinajstić information content (AvgIpc) is 3.24. The van der Waals surface area contributed by atoms with Crippen molar-refractivity contribution in [2.45, 2.75) is 32.2 Å². The van der Waals surface area contributed by atoms with Gasteiger partial charge in [0.15, 0.2) is 0 Å².